The van der Waals surface area contributed by atoms with E-state index in [2.05, 4.69) is 37.2 Å². The van der Waals surface area contributed by atoms with Gasteiger partial charge in [-0.3, -0.25) is 9.63 Å². The number of hydrogen-bond donors (Lipinski definition) is 1. The van der Waals surface area contributed by atoms with Gasteiger partial charge in [0.2, 0.25) is 0 Å². The Bertz CT molecular complexity index is 345. The van der Waals surface area contributed by atoms with Crippen molar-refractivity contribution < 1.29 is 9.63 Å². The third-order valence-corrected chi connectivity index (χ3v) is 2.54. The fourth-order valence-electron chi connectivity index (χ4n) is 0.545. The van der Waals surface area contributed by atoms with Crippen LogP contribution in [0.25, 0.3) is 0 Å². The van der Waals surface area contributed by atoms with Crippen molar-refractivity contribution in [1.82, 2.24) is 10.5 Å². The lowest BCUT2D eigenvalue weighted by Gasteiger charge is -1.98. The molecule has 4 nitrogen and oxygen atoms in total. The molecule has 1 heterocycles. The molecule has 68 valence electrons. The van der Waals surface area contributed by atoms with Crippen LogP contribution in [0.2, 0.25) is 0 Å². The van der Waals surface area contributed by atoms with E-state index in [1.165, 1.54) is 11.3 Å². The molecular weight excluding hydrogens is 256 g/mol. The Morgan fingerprint density at radius 2 is 2.69 bits per heavy atom. The SMILES string of the molecule is C#CCONC(=O)c1nc(Br)cs1. The summed E-state index contributed by atoms with van der Waals surface area (Å²) in [5, 5.41) is 2.03. The van der Waals surface area contributed by atoms with E-state index in [-0.39, 0.29) is 6.61 Å². The summed E-state index contributed by atoms with van der Waals surface area (Å²) in [5.74, 6) is 1.82. The Labute approximate surface area is 87.4 Å². The number of nitrogens with zero attached hydrogens (tertiary/aromatic N) is 1. The number of carbonyl (C=O) groups is 1. The van der Waals surface area contributed by atoms with Gasteiger partial charge in [-0.2, -0.15) is 0 Å². The van der Waals surface area contributed by atoms with Crippen molar-refractivity contribution in [3.05, 3.63) is 15.0 Å². The maximum Gasteiger partial charge on any atom is 0.303 e. The summed E-state index contributed by atoms with van der Waals surface area (Å²) in [5.41, 5.74) is 2.16. The zero-order valence-electron chi connectivity index (χ0n) is 6.41. The first kappa shape index (κ1) is 10.2. The van der Waals surface area contributed by atoms with Gasteiger partial charge in [0.05, 0.1) is 0 Å². The Hall–Kier alpha value is -0.900. The summed E-state index contributed by atoms with van der Waals surface area (Å²) in [7, 11) is 0. The van der Waals surface area contributed by atoms with E-state index in [9.17, 15) is 4.79 Å². The van der Waals surface area contributed by atoms with Crippen molar-refractivity contribution in [1.29, 1.82) is 0 Å². The van der Waals surface area contributed by atoms with Crippen LogP contribution in [0.4, 0.5) is 0 Å². The van der Waals surface area contributed by atoms with Gasteiger partial charge in [-0.05, 0) is 15.9 Å². The monoisotopic (exact) mass is 260 g/mol. The quantitative estimate of drug-likeness (QED) is 0.505. The van der Waals surface area contributed by atoms with Gasteiger partial charge in [-0.15, -0.1) is 17.8 Å². The van der Waals surface area contributed by atoms with Gasteiger partial charge in [-0.25, -0.2) is 10.5 Å². The molecule has 0 aromatic carbocycles. The average Bonchev–Trinajstić information content (AvgIpc) is 2.52. The summed E-state index contributed by atoms with van der Waals surface area (Å²) in [6, 6.07) is 0. The fraction of sp³-hybridized carbons (Fsp3) is 0.143. The van der Waals surface area contributed by atoms with Gasteiger partial charge in [0.15, 0.2) is 5.01 Å². The third kappa shape index (κ3) is 3.14. The summed E-state index contributed by atoms with van der Waals surface area (Å²) in [6.45, 7) is 0.0400. The zero-order chi connectivity index (χ0) is 9.68. The molecule has 13 heavy (non-hydrogen) atoms. The van der Waals surface area contributed by atoms with Gasteiger partial charge < -0.3 is 0 Å². The Morgan fingerprint density at radius 3 is 3.23 bits per heavy atom. The van der Waals surface area contributed by atoms with E-state index in [0.717, 1.165) is 0 Å². The van der Waals surface area contributed by atoms with Crippen molar-refractivity contribution in [2.45, 2.75) is 0 Å². The first-order valence-electron chi connectivity index (χ1n) is 3.20. The minimum atomic E-state index is -0.397. The van der Waals surface area contributed by atoms with Crippen molar-refractivity contribution >= 4 is 33.2 Å². The molecule has 0 saturated carbocycles. The van der Waals surface area contributed by atoms with Crippen LogP contribution in [-0.2, 0) is 4.84 Å². The number of carbonyl (C=O) groups excluding carboxylic acids is 1. The van der Waals surface area contributed by atoms with Crippen LogP contribution < -0.4 is 5.48 Å². The number of hydroxylamine groups is 1. The lowest BCUT2D eigenvalue weighted by molar-refractivity contribution is 0.0437. The van der Waals surface area contributed by atoms with Crippen molar-refractivity contribution in [2.24, 2.45) is 0 Å². The average molecular weight is 261 g/mol. The van der Waals surface area contributed by atoms with Gasteiger partial charge in [0, 0.05) is 5.38 Å². The first-order chi connectivity index (χ1) is 6.24. The Kier molecular flexibility index (Phi) is 3.89. The lowest BCUT2D eigenvalue weighted by Crippen LogP contribution is -2.23. The second kappa shape index (κ2) is 4.97. The molecule has 0 bridgehead atoms. The Morgan fingerprint density at radius 1 is 1.92 bits per heavy atom. The summed E-state index contributed by atoms with van der Waals surface area (Å²) in [6.07, 6.45) is 4.91. The standard InChI is InChI=1S/C7H5BrN2O2S/c1-2-3-12-10-6(11)7-9-5(8)4-13-7/h1,4H,3H2,(H,10,11). The van der Waals surface area contributed by atoms with E-state index in [1.54, 1.807) is 5.38 Å². The third-order valence-electron chi connectivity index (χ3n) is 0.991. The lowest BCUT2D eigenvalue weighted by atomic mass is 10.7. The summed E-state index contributed by atoms with van der Waals surface area (Å²) in [4.78, 5) is 19.7. The molecular formula is C7H5BrN2O2S. The number of aromatic nitrogens is 1. The largest absolute Gasteiger partial charge is 0.303 e. The highest BCUT2D eigenvalue weighted by Crippen LogP contribution is 2.14. The molecule has 1 rings (SSSR count). The highest BCUT2D eigenvalue weighted by atomic mass is 79.9. The number of halogens is 1. The van der Waals surface area contributed by atoms with Crippen LogP contribution >= 0.6 is 27.3 Å². The van der Waals surface area contributed by atoms with E-state index in [0.29, 0.717) is 9.61 Å². The number of hydrogen-bond acceptors (Lipinski definition) is 4. The maximum absolute atomic E-state index is 11.2. The molecule has 0 atom stereocenters. The van der Waals surface area contributed by atoms with Crippen LogP contribution in [-0.4, -0.2) is 17.5 Å². The number of rotatable bonds is 3. The highest BCUT2D eigenvalue weighted by molar-refractivity contribution is 9.10. The maximum atomic E-state index is 11.2. The molecule has 1 aromatic heterocycles. The molecule has 0 aliphatic heterocycles. The molecule has 0 radical (unpaired) electrons. The smallest absolute Gasteiger partial charge is 0.264 e. The second-order valence-corrected chi connectivity index (χ2v) is 3.57. The Balaban J connectivity index is 2.45. The number of amides is 1. The predicted molar refractivity (Wildman–Crippen MR) is 52.1 cm³/mol. The van der Waals surface area contributed by atoms with Crippen LogP contribution in [0.5, 0.6) is 0 Å². The predicted octanol–water partition coefficient (Wildman–Crippen LogP) is 1.20. The molecule has 1 N–H and O–H groups in total. The van der Waals surface area contributed by atoms with E-state index in [1.807, 2.05) is 0 Å². The molecule has 0 fully saturated rings. The fourth-order valence-corrected chi connectivity index (χ4v) is 1.68. The zero-order valence-corrected chi connectivity index (χ0v) is 8.81. The molecule has 1 aromatic rings. The molecule has 0 aliphatic rings. The van der Waals surface area contributed by atoms with Crippen molar-refractivity contribution in [3.8, 4) is 12.3 Å². The first-order valence-corrected chi connectivity index (χ1v) is 4.88. The molecule has 0 spiro atoms. The van der Waals surface area contributed by atoms with Crippen LogP contribution in [0.15, 0.2) is 9.98 Å². The topological polar surface area (TPSA) is 51.2 Å². The molecule has 0 saturated heterocycles. The minimum absolute atomic E-state index is 0.0400. The van der Waals surface area contributed by atoms with Crippen LogP contribution in [0.3, 0.4) is 0 Å². The van der Waals surface area contributed by atoms with Crippen LogP contribution in [0.1, 0.15) is 9.80 Å². The second-order valence-electron chi connectivity index (χ2n) is 1.90. The number of nitrogens with one attached hydrogen (secondary N) is 1. The highest BCUT2D eigenvalue weighted by Gasteiger charge is 2.09. The van der Waals surface area contributed by atoms with E-state index >= 15 is 0 Å². The van der Waals surface area contributed by atoms with Crippen molar-refractivity contribution in [3.63, 3.8) is 0 Å². The molecule has 6 heteroatoms. The van der Waals surface area contributed by atoms with Crippen LogP contribution in [0, 0.1) is 12.3 Å². The molecule has 0 aliphatic carbocycles. The number of thiazole rings is 1. The van der Waals surface area contributed by atoms with E-state index < -0.39 is 5.91 Å². The van der Waals surface area contributed by atoms with Crippen molar-refractivity contribution in [2.75, 3.05) is 6.61 Å². The van der Waals surface area contributed by atoms with Gasteiger partial charge >= 0.3 is 5.91 Å². The minimum Gasteiger partial charge on any atom is -0.264 e. The molecule has 0 unspecified atom stereocenters. The van der Waals surface area contributed by atoms with Gasteiger partial charge in [0.25, 0.3) is 0 Å². The summed E-state index contributed by atoms with van der Waals surface area (Å²) >= 11 is 4.34. The van der Waals surface area contributed by atoms with Gasteiger partial charge in [0.1, 0.15) is 11.2 Å². The van der Waals surface area contributed by atoms with Gasteiger partial charge in [-0.1, -0.05) is 5.92 Å². The summed E-state index contributed by atoms with van der Waals surface area (Å²) < 4.78 is 0.625. The normalized spacial score (nSPS) is 9.23. The molecule has 1 amide bonds. The number of terminal acetylenes is 1. The van der Waals surface area contributed by atoms with E-state index in [4.69, 9.17) is 6.42 Å².